The zero-order valence-corrected chi connectivity index (χ0v) is 19.0. The van der Waals surface area contributed by atoms with Gasteiger partial charge in [-0.25, -0.2) is 8.42 Å². The Labute approximate surface area is 193 Å². The Morgan fingerprint density at radius 3 is 2.03 bits per heavy atom. The third-order valence-electron chi connectivity index (χ3n) is 5.83. The number of anilines is 1. The molecule has 10 heteroatoms. The van der Waals surface area contributed by atoms with Crippen LogP contribution in [0.15, 0.2) is 54.6 Å². The van der Waals surface area contributed by atoms with Crippen LogP contribution in [0.25, 0.3) is 0 Å². The Kier molecular flexibility index (Phi) is 6.75. The molecule has 2 aliphatic rings. The third-order valence-corrected chi connectivity index (χ3v) is 7.79. The van der Waals surface area contributed by atoms with Crippen LogP contribution in [0, 0.1) is 0 Å². The number of amides is 3. The van der Waals surface area contributed by atoms with Gasteiger partial charge >= 0.3 is 0 Å². The average molecular weight is 471 g/mol. The summed E-state index contributed by atoms with van der Waals surface area (Å²) in [5.74, 6) is -1.57. The van der Waals surface area contributed by atoms with Crippen molar-refractivity contribution >= 4 is 33.4 Å². The zero-order chi connectivity index (χ0) is 23.4. The molecule has 0 aliphatic carbocycles. The molecule has 174 valence electrons. The molecule has 1 N–H and O–H groups in total. The fourth-order valence-corrected chi connectivity index (χ4v) is 5.54. The summed E-state index contributed by atoms with van der Waals surface area (Å²) in [6.07, 6.45) is 0.245. The number of nitrogens with zero attached hydrogens (tertiary/aromatic N) is 3. The highest BCUT2D eigenvalue weighted by Crippen LogP contribution is 2.22. The monoisotopic (exact) mass is 470 g/mol. The number of para-hydroxylation sites is 1. The van der Waals surface area contributed by atoms with Crippen molar-refractivity contribution in [3.63, 3.8) is 0 Å². The molecule has 4 rings (SSSR count). The van der Waals surface area contributed by atoms with Crippen molar-refractivity contribution in [2.75, 3.05) is 49.9 Å². The van der Waals surface area contributed by atoms with Crippen LogP contribution in [0.5, 0.6) is 0 Å². The number of fused-ring (bicyclic) bond motifs is 1. The summed E-state index contributed by atoms with van der Waals surface area (Å²) in [5, 5.41) is 2.61. The normalized spacial score (nSPS) is 16.7. The minimum Gasteiger partial charge on any atom is -0.369 e. The van der Waals surface area contributed by atoms with E-state index >= 15 is 0 Å². The maximum Gasteiger partial charge on any atom is 0.262 e. The first-order valence-electron chi connectivity index (χ1n) is 10.9. The molecule has 0 saturated carbocycles. The number of hydrogen-bond donors (Lipinski definition) is 1. The maximum absolute atomic E-state index is 12.7. The quantitative estimate of drug-likeness (QED) is 0.455. The molecular formula is C23H26N4O5S. The van der Waals surface area contributed by atoms with E-state index in [1.807, 2.05) is 30.3 Å². The van der Waals surface area contributed by atoms with Gasteiger partial charge in [-0.1, -0.05) is 30.3 Å². The first kappa shape index (κ1) is 22.9. The first-order valence-corrected chi connectivity index (χ1v) is 12.5. The molecule has 0 bridgehead atoms. The summed E-state index contributed by atoms with van der Waals surface area (Å²) in [6, 6.07) is 16.3. The van der Waals surface area contributed by atoms with Gasteiger partial charge in [0.25, 0.3) is 11.8 Å². The molecule has 3 amide bonds. The summed E-state index contributed by atoms with van der Waals surface area (Å²) in [5.41, 5.74) is 1.65. The molecule has 2 aliphatic heterocycles. The fourth-order valence-electron chi connectivity index (χ4n) is 4.06. The van der Waals surface area contributed by atoms with Gasteiger partial charge in [-0.15, -0.1) is 0 Å². The summed E-state index contributed by atoms with van der Waals surface area (Å²) in [4.78, 5) is 39.9. The first-order chi connectivity index (χ1) is 15.9. The van der Waals surface area contributed by atoms with Gasteiger partial charge < -0.3 is 10.2 Å². The van der Waals surface area contributed by atoms with Crippen LogP contribution in [0.4, 0.5) is 5.69 Å². The molecule has 33 heavy (non-hydrogen) atoms. The standard InChI is InChI=1S/C23H26N4O5S/c28-21(17-27-22(29)19-9-4-5-10-20(19)23(27)30)24-11-6-16-33(31,32)26-14-12-25(13-15-26)18-7-2-1-3-8-18/h1-5,7-10H,6,11-17H2,(H,24,28). The van der Waals surface area contributed by atoms with Gasteiger partial charge in [0.05, 0.1) is 16.9 Å². The molecule has 1 fully saturated rings. The van der Waals surface area contributed by atoms with E-state index in [0.29, 0.717) is 26.2 Å². The SMILES string of the molecule is O=C(CN1C(=O)c2ccccc2C1=O)NCCCS(=O)(=O)N1CCN(c2ccccc2)CC1. The smallest absolute Gasteiger partial charge is 0.262 e. The minimum atomic E-state index is -3.43. The van der Waals surface area contributed by atoms with Gasteiger partial charge in [0, 0.05) is 38.4 Å². The lowest BCUT2D eigenvalue weighted by atomic mass is 10.1. The highest BCUT2D eigenvalue weighted by Gasteiger charge is 2.36. The van der Waals surface area contributed by atoms with E-state index in [1.165, 1.54) is 4.31 Å². The minimum absolute atomic E-state index is 0.0777. The van der Waals surface area contributed by atoms with Gasteiger partial charge in [0.2, 0.25) is 15.9 Å². The Morgan fingerprint density at radius 2 is 1.42 bits per heavy atom. The van der Waals surface area contributed by atoms with Crippen LogP contribution in [0.2, 0.25) is 0 Å². The molecule has 2 aromatic carbocycles. The van der Waals surface area contributed by atoms with Crippen LogP contribution in [-0.4, -0.2) is 80.4 Å². The second kappa shape index (κ2) is 9.72. The Morgan fingerprint density at radius 1 is 0.848 bits per heavy atom. The molecule has 0 aromatic heterocycles. The van der Waals surface area contributed by atoms with E-state index in [0.717, 1.165) is 10.6 Å². The lowest BCUT2D eigenvalue weighted by Crippen LogP contribution is -2.49. The van der Waals surface area contributed by atoms with Gasteiger partial charge in [-0.3, -0.25) is 19.3 Å². The van der Waals surface area contributed by atoms with Gasteiger partial charge in [0.1, 0.15) is 6.54 Å². The predicted octanol–water partition coefficient (Wildman–Crippen LogP) is 0.941. The number of carbonyl (C=O) groups is 3. The third kappa shape index (κ3) is 5.07. The molecular weight excluding hydrogens is 444 g/mol. The summed E-state index contributed by atoms with van der Waals surface area (Å²) >= 11 is 0. The topological polar surface area (TPSA) is 107 Å². The van der Waals surface area contributed by atoms with E-state index in [9.17, 15) is 22.8 Å². The Bertz CT molecular complexity index is 1110. The molecule has 2 heterocycles. The fraction of sp³-hybridized carbons (Fsp3) is 0.348. The highest BCUT2D eigenvalue weighted by atomic mass is 32.2. The van der Waals surface area contributed by atoms with E-state index in [-0.39, 0.29) is 36.4 Å². The van der Waals surface area contributed by atoms with Crippen LogP contribution in [0.3, 0.4) is 0 Å². The Hall–Kier alpha value is -3.24. The molecule has 2 aromatic rings. The van der Waals surface area contributed by atoms with Crippen LogP contribution >= 0.6 is 0 Å². The van der Waals surface area contributed by atoms with Crippen molar-refractivity contribution in [1.82, 2.24) is 14.5 Å². The lowest BCUT2D eigenvalue weighted by molar-refractivity contribution is -0.121. The van der Waals surface area contributed by atoms with Gasteiger partial charge in [-0.2, -0.15) is 4.31 Å². The lowest BCUT2D eigenvalue weighted by Gasteiger charge is -2.35. The number of rotatable bonds is 8. The van der Waals surface area contributed by atoms with Gasteiger partial charge in [0.15, 0.2) is 0 Å². The average Bonchev–Trinajstić information content (AvgIpc) is 3.07. The maximum atomic E-state index is 12.7. The largest absolute Gasteiger partial charge is 0.369 e. The second-order valence-corrected chi connectivity index (χ2v) is 10.1. The van der Waals surface area contributed by atoms with Crippen molar-refractivity contribution in [2.24, 2.45) is 0 Å². The number of sulfonamides is 1. The molecule has 0 spiro atoms. The van der Waals surface area contributed by atoms with Crippen molar-refractivity contribution in [3.05, 3.63) is 65.7 Å². The Balaban J connectivity index is 1.19. The molecule has 9 nitrogen and oxygen atoms in total. The van der Waals surface area contributed by atoms with E-state index in [1.54, 1.807) is 24.3 Å². The zero-order valence-electron chi connectivity index (χ0n) is 18.1. The number of benzene rings is 2. The number of carbonyl (C=O) groups excluding carboxylic acids is 3. The van der Waals surface area contributed by atoms with Crippen LogP contribution in [0.1, 0.15) is 27.1 Å². The number of imide groups is 1. The number of piperazine rings is 1. The van der Waals surface area contributed by atoms with E-state index < -0.39 is 27.7 Å². The van der Waals surface area contributed by atoms with Gasteiger partial charge in [-0.05, 0) is 30.7 Å². The molecule has 0 atom stereocenters. The van der Waals surface area contributed by atoms with Crippen LogP contribution < -0.4 is 10.2 Å². The summed E-state index contributed by atoms with van der Waals surface area (Å²) in [7, 11) is -3.43. The number of nitrogens with one attached hydrogen (secondary N) is 1. The molecule has 0 radical (unpaired) electrons. The second-order valence-electron chi connectivity index (χ2n) is 7.98. The highest BCUT2D eigenvalue weighted by molar-refractivity contribution is 7.89. The van der Waals surface area contributed by atoms with Crippen LogP contribution in [-0.2, 0) is 14.8 Å². The van der Waals surface area contributed by atoms with Crippen molar-refractivity contribution in [3.8, 4) is 0 Å². The summed E-state index contributed by atoms with van der Waals surface area (Å²) < 4.78 is 26.8. The van der Waals surface area contributed by atoms with E-state index in [4.69, 9.17) is 0 Å². The van der Waals surface area contributed by atoms with Crippen molar-refractivity contribution in [2.45, 2.75) is 6.42 Å². The van der Waals surface area contributed by atoms with Crippen molar-refractivity contribution in [1.29, 1.82) is 0 Å². The molecule has 1 saturated heterocycles. The van der Waals surface area contributed by atoms with E-state index in [2.05, 4.69) is 10.2 Å². The predicted molar refractivity (Wildman–Crippen MR) is 123 cm³/mol. The molecule has 0 unspecified atom stereocenters. The summed E-state index contributed by atoms with van der Waals surface area (Å²) in [6.45, 7) is 1.85. The van der Waals surface area contributed by atoms with Crippen molar-refractivity contribution < 1.29 is 22.8 Å². The number of hydrogen-bond acceptors (Lipinski definition) is 6.